The molecule has 1 aromatic rings. The van der Waals surface area contributed by atoms with Crippen LogP contribution in [0.1, 0.15) is 23.1 Å². The van der Waals surface area contributed by atoms with Crippen molar-refractivity contribution in [3.63, 3.8) is 0 Å². The second-order valence-corrected chi connectivity index (χ2v) is 6.01. The molecule has 0 aromatic heterocycles. The number of ether oxygens (including phenoxy) is 1. The molecule has 0 spiro atoms. The first kappa shape index (κ1) is 16.2. The first-order valence-corrected chi connectivity index (χ1v) is 7.82. The van der Waals surface area contributed by atoms with Gasteiger partial charge in [0.15, 0.2) is 0 Å². The van der Waals surface area contributed by atoms with Crippen LogP contribution in [0.3, 0.4) is 0 Å². The second kappa shape index (κ2) is 6.42. The summed E-state index contributed by atoms with van der Waals surface area (Å²) in [4.78, 5) is 0. The number of alkyl halides is 2. The monoisotopic (exact) mass is 339 g/mol. The summed E-state index contributed by atoms with van der Waals surface area (Å²) in [6.45, 7) is 1.54. The number of hydrazone groups is 1. The van der Waals surface area contributed by atoms with Gasteiger partial charge >= 0.3 is 0 Å². The number of halogens is 3. The summed E-state index contributed by atoms with van der Waals surface area (Å²) in [6.07, 6.45) is -1.30. The zero-order valence-corrected chi connectivity index (χ0v) is 13.4. The zero-order chi connectivity index (χ0) is 16.6. The molecule has 0 N–H and O–H groups in total. The maximum absolute atomic E-state index is 14.2. The fourth-order valence-corrected chi connectivity index (χ4v) is 3.39. The molecule has 4 nitrogen and oxygen atoms in total. The lowest BCUT2D eigenvalue weighted by Gasteiger charge is -2.23. The van der Waals surface area contributed by atoms with E-state index in [-0.39, 0.29) is 6.61 Å². The van der Waals surface area contributed by atoms with Crippen LogP contribution in [-0.2, 0) is 4.74 Å². The van der Waals surface area contributed by atoms with Gasteiger partial charge < -0.3 is 4.74 Å². The van der Waals surface area contributed by atoms with E-state index in [1.807, 2.05) is 6.07 Å². The summed E-state index contributed by atoms with van der Waals surface area (Å²) in [5.41, 5.74) is 2.32. The van der Waals surface area contributed by atoms with Crippen LogP contribution in [-0.4, -0.2) is 48.9 Å². The Labute approximate surface area is 138 Å². The van der Waals surface area contributed by atoms with Crippen LogP contribution in [0.5, 0.6) is 0 Å². The molecule has 1 aromatic carbocycles. The average molecular weight is 340 g/mol. The molecule has 23 heavy (non-hydrogen) atoms. The molecule has 0 saturated carbocycles. The maximum atomic E-state index is 14.2. The Morgan fingerprint density at radius 2 is 2.30 bits per heavy atom. The highest BCUT2D eigenvalue weighted by atomic mass is 35.5. The molecule has 2 aliphatic heterocycles. The molecule has 1 saturated heterocycles. The predicted octanol–water partition coefficient (Wildman–Crippen LogP) is 3.00. The van der Waals surface area contributed by atoms with Crippen molar-refractivity contribution in [2.45, 2.75) is 31.7 Å². The minimum Gasteiger partial charge on any atom is -0.367 e. The topological polar surface area (TPSA) is 48.6 Å². The molecule has 3 atom stereocenters. The molecular weight excluding hydrogens is 324 g/mol. The van der Waals surface area contributed by atoms with Crippen molar-refractivity contribution in [2.75, 3.05) is 19.8 Å². The smallest absolute Gasteiger partial charge is 0.127 e. The third-order valence-electron chi connectivity index (χ3n) is 4.32. The standard InChI is InChI=1S/C16H16ClF2N3O/c1-9-11(3-2-10(8-20)13(9)17)14-16(23-7-5-18)15-12(19)4-6-22(15)21-14/h2-3,12,15-16H,4-7H2,1H3/t12-,15+,16?/m1/s1. The van der Waals surface area contributed by atoms with Crippen LogP contribution >= 0.6 is 11.6 Å². The van der Waals surface area contributed by atoms with E-state index in [2.05, 4.69) is 5.10 Å². The third-order valence-corrected chi connectivity index (χ3v) is 4.81. The Bertz CT molecular complexity index is 689. The molecule has 1 fully saturated rings. The largest absolute Gasteiger partial charge is 0.367 e. The maximum Gasteiger partial charge on any atom is 0.127 e. The molecule has 7 heteroatoms. The van der Waals surface area contributed by atoms with E-state index >= 15 is 0 Å². The molecule has 0 aliphatic carbocycles. The number of benzene rings is 1. The zero-order valence-electron chi connectivity index (χ0n) is 12.6. The van der Waals surface area contributed by atoms with Crippen LogP contribution in [0.4, 0.5) is 8.78 Å². The fraction of sp³-hybridized carbons (Fsp3) is 0.500. The van der Waals surface area contributed by atoms with Crippen LogP contribution in [0, 0.1) is 18.3 Å². The van der Waals surface area contributed by atoms with E-state index in [1.54, 1.807) is 24.1 Å². The van der Waals surface area contributed by atoms with Crippen molar-refractivity contribution in [1.29, 1.82) is 5.26 Å². The number of rotatable bonds is 4. The van der Waals surface area contributed by atoms with Crippen molar-refractivity contribution in [3.8, 4) is 6.07 Å². The van der Waals surface area contributed by atoms with E-state index in [1.165, 1.54) is 0 Å². The lowest BCUT2D eigenvalue weighted by atomic mass is 9.94. The second-order valence-electron chi connectivity index (χ2n) is 5.64. The third kappa shape index (κ3) is 2.68. The SMILES string of the molecule is Cc1c(C2=NN3CC[C@@H](F)[C@H]3C2OCCF)ccc(C#N)c1Cl. The van der Waals surface area contributed by atoms with Crippen molar-refractivity contribution >= 4 is 17.3 Å². The van der Waals surface area contributed by atoms with Crippen molar-refractivity contribution in [3.05, 3.63) is 33.8 Å². The summed E-state index contributed by atoms with van der Waals surface area (Å²) >= 11 is 6.21. The first-order valence-electron chi connectivity index (χ1n) is 7.44. The van der Waals surface area contributed by atoms with E-state index < -0.39 is 25.0 Å². The Hall–Kier alpha value is -1.71. The minimum atomic E-state index is -1.06. The minimum absolute atomic E-state index is 0.107. The Balaban J connectivity index is 2.00. The van der Waals surface area contributed by atoms with Crippen LogP contribution < -0.4 is 0 Å². The highest BCUT2D eigenvalue weighted by molar-refractivity contribution is 6.33. The molecule has 0 amide bonds. The van der Waals surface area contributed by atoms with Gasteiger partial charge in [0.2, 0.25) is 0 Å². The molecule has 0 bridgehead atoms. The Kier molecular flexibility index (Phi) is 4.51. The van der Waals surface area contributed by atoms with Gasteiger partial charge in [-0.1, -0.05) is 17.7 Å². The van der Waals surface area contributed by atoms with Crippen molar-refractivity contribution in [2.24, 2.45) is 5.10 Å². The normalized spacial score (nSPS) is 26.1. The Morgan fingerprint density at radius 3 is 3.00 bits per heavy atom. The number of hydrogen-bond donors (Lipinski definition) is 0. The molecule has 2 aliphatic rings. The quantitative estimate of drug-likeness (QED) is 0.847. The molecule has 1 unspecified atom stereocenters. The lowest BCUT2D eigenvalue weighted by Crippen LogP contribution is -2.41. The van der Waals surface area contributed by atoms with Gasteiger partial charge in [-0.3, -0.25) is 5.01 Å². The van der Waals surface area contributed by atoms with Gasteiger partial charge in [0.05, 0.1) is 22.9 Å². The number of nitriles is 1. The summed E-state index contributed by atoms with van der Waals surface area (Å²) in [6, 6.07) is 4.84. The highest BCUT2D eigenvalue weighted by Crippen LogP contribution is 2.35. The van der Waals surface area contributed by atoms with Gasteiger partial charge in [-0.2, -0.15) is 10.4 Å². The van der Waals surface area contributed by atoms with Gasteiger partial charge in [0.1, 0.15) is 31.1 Å². The van der Waals surface area contributed by atoms with Gasteiger partial charge in [0.25, 0.3) is 0 Å². The Morgan fingerprint density at radius 1 is 1.52 bits per heavy atom. The molecule has 3 rings (SSSR count). The van der Waals surface area contributed by atoms with E-state index in [0.717, 1.165) is 0 Å². The molecular formula is C16H16ClF2N3O. The predicted molar refractivity (Wildman–Crippen MR) is 83.2 cm³/mol. The van der Waals surface area contributed by atoms with Gasteiger partial charge in [-0.15, -0.1) is 0 Å². The van der Waals surface area contributed by atoms with Crippen LogP contribution in [0.2, 0.25) is 5.02 Å². The molecule has 122 valence electrons. The highest BCUT2D eigenvalue weighted by Gasteiger charge is 2.47. The van der Waals surface area contributed by atoms with E-state index in [0.29, 0.717) is 40.4 Å². The van der Waals surface area contributed by atoms with Crippen molar-refractivity contribution in [1.82, 2.24) is 5.01 Å². The van der Waals surface area contributed by atoms with E-state index in [9.17, 15) is 8.78 Å². The summed E-state index contributed by atoms with van der Waals surface area (Å²) in [5.74, 6) is 0. The van der Waals surface area contributed by atoms with Crippen molar-refractivity contribution < 1.29 is 13.5 Å². The first-order chi connectivity index (χ1) is 11.1. The summed E-state index contributed by atoms with van der Waals surface area (Å²) < 4.78 is 32.3. The van der Waals surface area contributed by atoms with Crippen LogP contribution in [0.15, 0.2) is 17.2 Å². The van der Waals surface area contributed by atoms with Gasteiger partial charge in [0, 0.05) is 12.1 Å². The van der Waals surface area contributed by atoms with Gasteiger partial charge in [-0.05, 0) is 25.0 Å². The van der Waals surface area contributed by atoms with E-state index in [4.69, 9.17) is 21.6 Å². The van der Waals surface area contributed by atoms with Gasteiger partial charge in [-0.25, -0.2) is 8.78 Å². The molecule has 2 heterocycles. The fourth-order valence-electron chi connectivity index (χ4n) is 3.19. The average Bonchev–Trinajstić information content (AvgIpc) is 3.08. The number of hydrogen-bond acceptors (Lipinski definition) is 4. The summed E-state index contributed by atoms with van der Waals surface area (Å²) in [5, 5.41) is 15.6. The molecule has 0 radical (unpaired) electrons. The van der Waals surface area contributed by atoms with Crippen LogP contribution in [0.25, 0.3) is 0 Å². The lowest BCUT2D eigenvalue weighted by molar-refractivity contribution is 0.0305. The number of fused-ring (bicyclic) bond motifs is 1. The number of nitrogens with zero attached hydrogens (tertiary/aromatic N) is 3. The summed E-state index contributed by atoms with van der Waals surface area (Å²) in [7, 11) is 0.